The van der Waals surface area contributed by atoms with Crippen LogP contribution in [0.5, 0.6) is 0 Å². The van der Waals surface area contributed by atoms with Gasteiger partial charge in [-0.2, -0.15) is 0 Å². The van der Waals surface area contributed by atoms with Gasteiger partial charge in [-0.3, -0.25) is 14.4 Å². The molecule has 0 spiro atoms. The van der Waals surface area contributed by atoms with E-state index in [0.717, 1.165) is 5.56 Å². The number of anilines is 1. The Morgan fingerprint density at radius 1 is 0.778 bits per heavy atom. The molecule has 0 saturated carbocycles. The van der Waals surface area contributed by atoms with E-state index in [4.69, 9.17) is 0 Å². The highest BCUT2D eigenvalue weighted by Gasteiger charge is 2.16. The van der Waals surface area contributed by atoms with Crippen molar-refractivity contribution < 1.29 is 14.4 Å². The van der Waals surface area contributed by atoms with E-state index < -0.39 is 0 Å². The van der Waals surface area contributed by atoms with Crippen LogP contribution >= 0.6 is 0 Å². The van der Waals surface area contributed by atoms with Gasteiger partial charge in [0, 0.05) is 35.0 Å². The Morgan fingerprint density at radius 2 is 1.30 bits per heavy atom. The van der Waals surface area contributed by atoms with Crippen LogP contribution in [0.2, 0.25) is 0 Å². The fourth-order valence-corrected chi connectivity index (χ4v) is 2.47. The number of carbonyl (C=O) groups excluding carboxylic acids is 3. The van der Waals surface area contributed by atoms with E-state index in [1.165, 1.54) is 0 Å². The summed E-state index contributed by atoms with van der Waals surface area (Å²) in [5.74, 6) is -0.649. The number of hydrogen-bond acceptors (Lipinski definition) is 3. The summed E-state index contributed by atoms with van der Waals surface area (Å²) in [6.07, 6.45) is 0. The van der Waals surface area contributed by atoms with Crippen molar-refractivity contribution in [1.82, 2.24) is 10.6 Å². The van der Waals surface area contributed by atoms with E-state index in [-0.39, 0.29) is 23.3 Å². The Balaban J connectivity index is 2.10. The average molecular weight is 367 g/mol. The fourth-order valence-electron chi connectivity index (χ4n) is 2.47. The number of carbonyl (C=O) groups is 3. The molecule has 0 unspecified atom stereocenters. The molecule has 0 bridgehead atoms. The summed E-state index contributed by atoms with van der Waals surface area (Å²) in [5.41, 5.74) is 2.55. The van der Waals surface area contributed by atoms with Crippen molar-refractivity contribution in [3.8, 4) is 0 Å². The van der Waals surface area contributed by atoms with Crippen LogP contribution in [0, 0.1) is 6.92 Å². The zero-order valence-corrected chi connectivity index (χ0v) is 16.3. The molecule has 0 radical (unpaired) electrons. The number of aryl methyl sites for hydroxylation is 1. The molecular formula is C21H25N3O3. The molecule has 27 heavy (non-hydrogen) atoms. The summed E-state index contributed by atoms with van der Waals surface area (Å²) in [6, 6.07) is 11.5. The molecule has 6 nitrogen and oxygen atoms in total. The van der Waals surface area contributed by atoms with Gasteiger partial charge < -0.3 is 16.0 Å². The van der Waals surface area contributed by atoms with E-state index in [1.54, 1.807) is 49.5 Å². The van der Waals surface area contributed by atoms with Gasteiger partial charge in [0.2, 0.25) is 0 Å². The standard InChI is InChI=1S/C21H25N3O3/c1-13-12-16(18(25)22-5)10-11-17(13)23-19(26)14-6-8-15(9-7-14)20(27)24-21(2,3)4/h6-12H,1-5H3,(H,22,25)(H,23,26)(H,24,27). The minimum absolute atomic E-state index is 0.180. The lowest BCUT2D eigenvalue weighted by Gasteiger charge is -2.20. The zero-order valence-electron chi connectivity index (χ0n) is 16.3. The first-order chi connectivity index (χ1) is 12.6. The van der Waals surface area contributed by atoms with Crippen LogP contribution in [0.3, 0.4) is 0 Å². The smallest absolute Gasteiger partial charge is 0.255 e. The van der Waals surface area contributed by atoms with E-state index >= 15 is 0 Å². The maximum atomic E-state index is 12.5. The second kappa shape index (κ2) is 8.03. The quantitative estimate of drug-likeness (QED) is 0.776. The Morgan fingerprint density at radius 3 is 1.78 bits per heavy atom. The molecule has 0 aliphatic rings. The molecule has 2 rings (SSSR count). The summed E-state index contributed by atoms with van der Waals surface area (Å²) in [7, 11) is 1.57. The molecule has 0 aliphatic carbocycles. The van der Waals surface area contributed by atoms with E-state index in [9.17, 15) is 14.4 Å². The third kappa shape index (κ3) is 5.41. The lowest BCUT2D eigenvalue weighted by atomic mass is 10.1. The number of nitrogens with one attached hydrogen (secondary N) is 3. The van der Waals surface area contributed by atoms with Crippen molar-refractivity contribution in [3.05, 3.63) is 64.7 Å². The van der Waals surface area contributed by atoms with Crippen LogP contribution in [-0.2, 0) is 0 Å². The van der Waals surface area contributed by atoms with Gasteiger partial charge in [-0.05, 0) is 75.7 Å². The largest absolute Gasteiger partial charge is 0.355 e. The minimum Gasteiger partial charge on any atom is -0.355 e. The molecule has 0 fully saturated rings. The molecule has 142 valence electrons. The van der Waals surface area contributed by atoms with Crippen molar-refractivity contribution >= 4 is 23.4 Å². The van der Waals surface area contributed by atoms with Crippen molar-refractivity contribution in [2.24, 2.45) is 0 Å². The molecule has 2 aromatic carbocycles. The summed E-state index contributed by atoms with van der Waals surface area (Å²) < 4.78 is 0. The Hall–Kier alpha value is -3.15. The Bertz CT molecular complexity index is 865. The van der Waals surface area contributed by atoms with Gasteiger partial charge >= 0.3 is 0 Å². The molecule has 3 N–H and O–H groups in total. The molecular weight excluding hydrogens is 342 g/mol. The van der Waals surface area contributed by atoms with Gasteiger partial charge in [0.15, 0.2) is 0 Å². The first-order valence-corrected chi connectivity index (χ1v) is 8.67. The number of rotatable bonds is 4. The van der Waals surface area contributed by atoms with Crippen LogP contribution in [0.4, 0.5) is 5.69 Å². The van der Waals surface area contributed by atoms with Crippen molar-refractivity contribution in [2.45, 2.75) is 33.2 Å². The first-order valence-electron chi connectivity index (χ1n) is 8.67. The monoisotopic (exact) mass is 367 g/mol. The van der Waals surface area contributed by atoms with E-state index in [0.29, 0.717) is 22.4 Å². The van der Waals surface area contributed by atoms with E-state index in [1.807, 2.05) is 27.7 Å². The minimum atomic E-state index is -0.328. The number of hydrogen-bond donors (Lipinski definition) is 3. The SMILES string of the molecule is CNC(=O)c1ccc(NC(=O)c2ccc(C(=O)NC(C)(C)C)cc2)c(C)c1. The lowest BCUT2D eigenvalue weighted by Crippen LogP contribution is -2.40. The summed E-state index contributed by atoms with van der Waals surface area (Å²) >= 11 is 0. The number of benzene rings is 2. The molecule has 0 aliphatic heterocycles. The van der Waals surface area contributed by atoms with Crippen LogP contribution in [0.25, 0.3) is 0 Å². The predicted octanol–water partition coefficient (Wildman–Crippen LogP) is 3.14. The van der Waals surface area contributed by atoms with Gasteiger partial charge in [-0.1, -0.05) is 0 Å². The maximum Gasteiger partial charge on any atom is 0.255 e. The Kier molecular flexibility index (Phi) is 6.00. The lowest BCUT2D eigenvalue weighted by molar-refractivity contribution is 0.0916. The van der Waals surface area contributed by atoms with Gasteiger partial charge in [0.05, 0.1) is 0 Å². The molecule has 2 aromatic rings. The predicted molar refractivity (Wildman–Crippen MR) is 106 cm³/mol. The molecule has 0 heterocycles. The summed E-state index contributed by atoms with van der Waals surface area (Å²) in [6.45, 7) is 7.54. The third-order valence-corrected chi connectivity index (χ3v) is 3.86. The molecule has 6 heteroatoms. The fraction of sp³-hybridized carbons (Fsp3) is 0.286. The van der Waals surface area contributed by atoms with Crippen LogP contribution in [0.1, 0.15) is 57.4 Å². The highest BCUT2D eigenvalue weighted by atomic mass is 16.2. The highest BCUT2D eigenvalue weighted by Crippen LogP contribution is 2.18. The Labute approximate surface area is 159 Å². The normalized spacial score (nSPS) is 10.9. The summed E-state index contributed by atoms with van der Waals surface area (Å²) in [4.78, 5) is 36.3. The average Bonchev–Trinajstić information content (AvgIpc) is 2.61. The number of amides is 3. The second-order valence-corrected chi connectivity index (χ2v) is 7.34. The van der Waals surface area contributed by atoms with Gasteiger partial charge in [-0.25, -0.2) is 0 Å². The van der Waals surface area contributed by atoms with Crippen molar-refractivity contribution in [2.75, 3.05) is 12.4 Å². The maximum absolute atomic E-state index is 12.5. The third-order valence-electron chi connectivity index (χ3n) is 3.86. The van der Waals surface area contributed by atoms with Crippen LogP contribution in [0.15, 0.2) is 42.5 Å². The summed E-state index contributed by atoms with van der Waals surface area (Å²) in [5, 5.41) is 8.27. The molecule has 0 aromatic heterocycles. The van der Waals surface area contributed by atoms with Gasteiger partial charge in [0.25, 0.3) is 17.7 Å². The van der Waals surface area contributed by atoms with Crippen LogP contribution in [-0.4, -0.2) is 30.3 Å². The molecule has 0 atom stereocenters. The second-order valence-electron chi connectivity index (χ2n) is 7.34. The van der Waals surface area contributed by atoms with Crippen molar-refractivity contribution in [1.29, 1.82) is 0 Å². The van der Waals surface area contributed by atoms with Crippen LogP contribution < -0.4 is 16.0 Å². The van der Waals surface area contributed by atoms with Gasteiger partial charge in [-0.15, -0.1) is 0 Å². The van der Waals surface area contributed by atoms with E-state index in [2.05, 4.69) is 16.0 Å². The first kappa shape index (κ1) is 20.2. The van der Waals surface area contributed by atoms with Gasteiger partial charge in [0.1, 0.15) is 0 Å². The molecule has 3 amide bonds. The van der Waals surface area contributed by atoms with Crippen molar-refractivity contribution in [3.63, 3.8) is 0 Å². The molecule has 0 saturated heterocycles. The zero-order chi connectivity index (χ0) is 20.2. The highest BCUT2D eigenvalue weighted by molar-refractivity contribution is 6.05. The topological polar surface area (TPSA) is 87.3 Å².